The van der Waals surface area contributed by atoms with Crippen molar-refractivity contribution in [3.05, 3.63) is 40.7 Å². The first kappa shape index (κ1) is 25.1. The summed E-state index contributed by atoms with van der Waals surface area (Å²) in [6, 6.07) is 5.57. The number of nitrogens with zero attached hydrogens (tertiary/aromatic N) is 3. The quantitative estimate of drug-likeness (QED) is 0.286. The van der Waals surface area contributed by atoms with E-state index in [1.165, 1.54) is 11.3 Å². The van der Waals surface area contributed by atoms with Gasteiger partial charge < -0.3 is 20.5 Å². The Morgan fingerprint density at radius 3 is 2.62 bits per heavy atom. The Kier molecular flexibility index (Phi) is 10.3. The molecule has 0 radical (unpaired) electrons. The van der Waals surface area contributed by atoms with Gasteiger partial charge in [0.2, 0.25) is 0 Å². The average molecular weight is 515 g/mol. The molecule has 0 fully saturated rings. The summed E-state index contributed by atoms with van der Waals surface area (Å²) in [5, 5.41) is 21.3. The summed E-state index contributed by atoms with van der Waals surface area (Å²) in [7, 11) is 3.56. The molecule has 2 rings (SSSR count). The van der Waals surface area contributed by atoms with Gasteiger partial charge in [-0.25, -0.2) is 0 Å². The van der Waals surface area contributed by atoms with Crippen molar-refractivity contribution < 1.29 is 9.84 Å². The van der Waals surface area contributed by atoms with Crippen LogP contribution in [0.1, 0.15) is 36.4 Å². The van der Waals surface area contributed by atoms with E-state index in [2.05, 4.69) is 41.5 Å². The van der Waals surface area contributed by atoms with Crippen molar-refractivity contribution in [1.82, 2.24) is 20.4 Å². The van der Waals surface area contributed by atoms with Gasteiger partial charge in [-0.05, 0) is 57.7 Å². The lowest BCUT2D eigenvalue weighted by atomic mass is 10.1. The van der Waals surface area contributed by atoms with Crippen LogP contribution in [0.5, 0.6) is 11.5 Å². The number of aromatic hydroxyl groups is 1. The van der Waals surface area contributed by atoms with Crippen LogP contribution in [-0.2, 0) is 19.9 Å². The van der Waals surface area contributed by atoms with Crippen molar-refractivity contribution in [2.75, 3.05) is 20.2 Å². The van der Waals surface area contributed by atoms with E-state index in [9.17, 15) is 5.11 Å². The maximum Gasteiger partial charge on any atom is 0.191 e. The van der Waals surface area contributed by atoms with Gasteiger partial charge in [0.25, 0.3) is 0 Å². The minimum atomic E-state index is 0. The van der Waals surface area contributed by atoms with Gasteiger partial charge in [-0.1, -0.05) is 6.07 Å². The maximum absolute atomic E-state index is 10.1. The van der Waals surface area contributed by atoms with Gasteiger partial charge in [0, 0.05) is 37.9 Å². The topological polar surface area (TPSA) is 83.7 Å². The molecule has 0 bridgehead atoms. The molecule has 162 valence electrons. The molecule has 3 N–H and O–H groups in total. The largest absolute Gasteiger partial charge is 0.508 e. The number of nitrogens with one attached hydrogen (secondary N) is 2. The molecule has 0 amide bonds. The molecule has 2 aromatic rings. The minimum absolute atomic E-state index is 0. The van der Waals surface area contributed by atoms with E-state index in [0.29, 0.717) is 18.7 Å². The fourth-order valence-electron chi connectivity index (χ4n) is 3.19. The number of phenolic OH excluding ortho intramolecular Hbond substituents is 1. The monoisotopic (exact) mass is 515 g/mol. The average Bonchev–Trinajstić information content (AvgIpc) is 2.89. The molecule has 0 aliphatic rings. The first-order chi connectivity index (χ1) is 13.3. The van der Waals surface area contributed by atoms with Crippen LogP contribution < -0.4 is 15.4 Å². The third-order valence-electron chi connectivity index (χ3n) is 4.84. The molecule has 8 heteroatoms. The number of guanidine groups is 1. The zero-order valence-corrected chi connectivity index (χ0v) is 20.6. The van der Waals surface area contributed by atoms with Crippen LogP contribution in [0.4, 0.5) is 0 Å². The molecule has 0 aliphatic carbocycles. The number of aromatic nitrogens is 2. The summed E-state index contributed by atoms with van der Waals surface area (Å²) in [6.45, 7) is 9.71. The van der Waals surface area contributed by atoms with Gasteiger partial charge in [-0.2, -0.15) is 5.10 Å². The van der Waals surface area contributed by atoms with Crippen molar-refractivity contribution >= 4 is 29.9 Å². The second-order valence-corrected chi connectivity index (χ2v) is 7.03. The Labute approximate surface area is 191 Å². The summed E-state index contributed by atoms with van der Waals surface area (Å²) in [5.74, 6) is 1.67. The number of aryl methyl sites for hydroxylation is 2. The van der Waals surface area contributed by atoms with E-state index in [-0.39, 0.29) is 35.8 Å². The minimum Gasteiger partial charge on any atom is -0.508 e. The number of aliphatic imine (C=N–C) groups is 1. The molecule has 0 aliphatic heterocycles. The number of hydrogen-bond acceptors (Lipinski definition) is 4. The van der Waals surface area contributed by atoms with E-state index in [1.54, 1.807) is 13.2 Å². The molecule has 1 aromatic heterocycles. The molecule has 0 saturated carbocycles. The Morgan fingerprint density at radius 1 is 1.34 bits per heavy atom. The lowest BCUT2D eigenvalue weighted by molar-refractivity contribution is 0.406. The number of ether oxygens (including phenoxy) is 1. The Morgan fingerprint density at radius 2 is 2.07 bits per heavy atom. The fraction of sp³-hybridized carbons (Fsp3) is 0.524. The van der Waals surface area contributed by atoms with E-state index in [0.717, 1.165) is 30.2 Å². The predicted octanol–water partition coefficient (Wildman–Crippen LogP) is 3.10. The third-order valence-corrected chi connectivity index (χ3v) is 4.84. The van der Waals surface area contributed by atoms with Gasteiger partial charge in [0.05, 0.1) is 12.8 Å². The van der Waals surface area contributed by atoms with Crippen LogP contribution in [-0.4, -0.2) is 47.1 Å². The molecule has 0 saturated heterocycles. The molecule has 1 aromatic carbocycles. The highest BCUT2D eigenvalue weighted by Crippen LogP contribution is 2.23. The van der Waals surface area contributed by atoms with Crippen molar-refractivity contribution in [1.29, 1.82) is 0 Å². The van der Waals surface area contributed by atoms with Crippen LogP contribution in [0, 0.1) is 13.8 Å². The highest BCUT2D eigenvalue weighted by atomic mass is 127. The second-order valence-electron chi connectivity index (χ2n) is 7.03. The summed E-state index contributed by atoms with van der Waals surface area (Å²) in [6.07, 6.45) is 1.54. The molecule has 29 heavy (non-hydrogen) atoms. The zero-order chi connectivity index (χ0) is 20.7. The van der Waals surface area contributed by atoms with Crippen molar-refractivity contribution in [2.24, 2.45) is 12.0 Å². The number of rotatable bonds is 8. The lowest BCUT2D eigenvalue weighted by Crippen LogP contribution is -2.43. The highest BCUT2D eigenvalue weighted by molar-refractivity contribution is 14.0. The summed E-state index contributed by atoms with van der Waals surface area (Å²) in [4.78, 5) is 4.66. The number of benzene rings is 1. The highest BCUT2D eigenvalue weighted by Gasteiger charge is 2.14. The van der Waals surface area contributed by atoms with Gasteiger partial charge in [-0.15, -0.1) is 24.0 Å². The number of hydrogen-bond donors (Lipinski definition) is 3. The first-order valence-electron chi connectivity index (χ1n) is 9.75. The number of methoxy groups -OCH3 is 1. The summed E-state index contributed by atoms with van der Waals surface area (Å²) >= 11 is 0. The zero-order valence-electron chi connectivity index (χ0n) is 18.2. The van der Waals surface area contributed by atoms with Crippen molar-refractivity contribution in [3.8, 4) is 11.5 Å². The van der Waals surface area contributed by atoms with Crippen LogP contribution in [0.25, 0.3) is 0 Å². The van der Waals surface area contributed by atoms with Crippen LogP contribution in [0.2, 0.25) is 0 Å². The molecule has 1 heterocycles. The van der Waals surface area contributed by atoms with Crippen LogP contribution in [0.3, 0.4) is 0 Å². The third kappa shape index (κ3) is 7.09. The molecule has 1 atom stereocenters. The van der Waals surface area contributed by atoms with Crippen molar-refractivity contribution in [2.45, 2.75) is 46.6 Å². The predicted molar refractivity (Wildman–Crippen MR) is 129 cm³/mol. The van der Waals surface area contributed by atoms with Crippen LogP contribution in [0.15, 0.2) is 23.2 Å². The summed E-state index contributed by atoms with van der Waals surface area (Å²) < 4.78 is 7.05. The molecule has 0 spiro atoms. The van der Waals surface area contributed by atoms with E-state index < -0.39 is 0 Å². The molecule has 7 nitrogen and oxygen atoms in total. The number of phenols is 1. The lowest BCUT2D eigenvalue weighted by Gasteiger charge is -2.18. The molecular formula is C21H34IN5O2. The second kappa shape index (κ2) is 11.9. The van der Waals surface area contributed by atoms with Gasteiger partial charge in [-0.3, -0.25) is 9.67 Å². The van der Waals surface area contributed by atoms with Gasteiger partial charge >= 0.3 is 0 Å². The number of halogens is 1. The maximum atomic E-state index is 10.1. The van der Waals surface area contributed by atoms with Crippen LogP contribution >= 0.6 is 24.0 Å². The fourth-order valence-corrected chi connectivity index (χ4v) is 3.19. The first-order valence-corrected chi connectivity index (χ1v) is 9.75. The Bertz CT molecular complexity index is 820. The Balaban J connectivity index is 0.00000420. The van der Waals surface area contributed by atoms with E-state index in [4.69, 9.17) is 4.74 Å². The SMILES string of the molecule is CCNC(=NCCc1ccc(OC)cc1O)NC(C)Cc1c(C)nn(C)c1C.I. The standard InChI is InChI=1S/C21H33N5O2.HI/c1-7-22-21(23-11-10-17-8-9-18(28-6)13-20(17)27)24-14(2)12-19-15(3)25-26(5)16(19)4;/h8-9,13-14,27H,7,10-12H2,1-6H3,(H2,22,23,24);1H. The smallest absolute Gasteiger partial charge is 0.191 e. The van der Waals surface area contributed by atoms with E-state index in [1.807, 2.05) is 30.8 Å². The Hall–Kier alpha value is -1.97. The summed E-state index contributed by atoms with van der Waals surface area (Å²) in [5.41, 5.74) is 4.41. The van der Waals surface area contributed by atoms with Gasteiger partial charge in [0.1, 0.15) is 11.5 Å². The molecule has 1 unspecified atom stereocenters. The van der Waals surface area contributed by atoms with E-state index >= 15 is 0 Å². The normalized spacial score (nSPS) is 12.3. The van der Waals surface area contributed by atoms with Crippen molar-refractivity contribution in [3.63, 3.8) is 0 Å². The molecular weight excluding hydrogens is 481 g/mol. The van der Waals surface area contributed by atoms with Gasteiger partial charge in [0.15, 0.2) is 5.96 Å².